The highest BCUT2D eigenvalue weighted by Crippen LogP contribution is 2.51. The minimum Gasteiger partial charge on any atom is -0.370 e. The van der Waals surface area contributed by atoms with E-state index >= 15 is 0 Å². The van der Waals surface area contributed by atoms with Crippen molar-refractivity contribution in [2.75, 3.05) is 13.1 Å². The molecule has 0 bridgehead atoms. The van der Waals surface area contributed by atoms with Crippen molar-refractivity contribution < 1.29 is 4.79 Å². The molecule has 0 aliphatic carbocycles. The number of nitrogens with one attached hydrogen (secondary N) is 1. The maximum absolute atomic E-state index is 10.9. The Hall–Kier alpha value is -1.30. The largest absolute Gasteiger partial charge is 0.370 e. The van der Waals surface area contributed by atoms with Crippen molar-refractivity contribution >= 4 is 12.0 Å². The third-order valence-corrected chi connectivity index (χ3v) is 6.37. The lowest BCUT2D eigenvalue weighted by molar-refractivity contribution is -0.000360. The van der Waals surface area contributed by atoms with Gasteiger partial charge in [0.2, 0.25) is 0 Å². The van der Waals surface area contributed by atoms with Gasteiger partial charge in [0, 0.05) is 6.54 Å². The zero-order valence-corrected chi connectivity index (χ0v) is 19.1. The van der Waals surface area contributed by atoms with Gasteiger partial charge in [-0.15, -0.1) is 0 Å². The van der Waals surface area contributed by atoms with Crippen LogP contribution in [0, 0.1) is 34.0 Å². The van der Waals surface area contributed by atoms with Crippen LogP contribution in [-0.4, -0.2) is 25.1 Å². The van der Waals surface area contributed by atoms with Gasteiger partial charge in [-0.3, -0.25) is 10.3 Å². The fourth-order valence-electron chi connectivity index (χ4n) is 3.74. The standard InChI is InChI=1S/C21H45N5O/c1-14(2)15(13-25-17(23)26-18(24)27)10-20(6,7)21(8,9)16(12-22)11-19(3,4)5/h14-16H,10-13,22H2,1-9H3,(H5,23,24,25,26,27). The highest BCUT2D eigenvalue weighted by atomic mass is 16.2. The van der Waals surface area contributed by atoms with Gasteiger partial charge in [-0.2, -0.15) is 0 Å². The minimum absolute atomic E-state index is 0.0681. The molecular formula is C21H45N5O. The smallest absolute Gasteiger partial charge is 0.318 e. The number of carbonyl (C=O) groups is 1. The molecule has 27 heavy (non-hydrogen) atoms. The molecule has 2 amide bonds. The third-order valence-electron chi connectivity index (χ3n) is 6.37. The van der Waals surface area contributed by atoms with Crippen molar-refractivity contribution in [1.82, 2.24) is 5.32 Å². The second kappa shape index (κ2) is 9.76. The Bertz CT molecular complexity index is 503. The van der Waals surface area contributed by atoms with Crippen molar-refractivity contribution in [3.63, 3.8) is 0 Å². The van der Waals surface area contributed by atoms with E-state index in [0.29, 0.717) is 30.8 Å². The average Bonchev–Trinajstić information content (AvgIpc) is 2.46. The molecule has 0 aliphatic heterocycles. The zero-order valence-electron chi connectivity index (χ0n) is 19.1. The Balaban J connectivity index is 5.40. The molecule has 0 aromatic rings. The van der Waals surface area contributed by atoms with E-state index in [1.54, 1.807) is 0 Å². The summed E-state index contributed by atoms with van der Waals surface area (Å²) < 4.78 is 0. The second-order valence-electron chi connectivity index (χ2n) is 10.7. The van der Waals surface area contributed by atoms with E-state index in [4.69, 9.17) is 17.2 Å². The minimum atomic E-state index is -0.688. The van der Waals surface area contributed by atoms with E-state index in [1.807, 2.05) is 0 Å². The molecule has 6 nitrogen and oxygen atoms in total. The quantitative estimate of drug-likeness (QED) is 0.359. The highest BCUT2D eigenvalue weighted by molar-refractivity contribution is 5.94. The monoisotopic (exact) mass is 383 g/mol. The number of hydrogen-bond donors (Lipinski definition) is 4. The van der Waals surface area contributed by atoms with Crippen LogP contribution in [0.3, 0.4) is 0 Å². The Labute approximate surface area is 167 Å². The molecule has 0 aromatic carbocycles. The van der Waals surface area contributed by atoms with Gasteiger partial charge in [-0.05, 0) is 53.4 Å². The first-order valence-electron chi connectivity index (χ1n) is 10.1. The summed E-state index contributed by atoms with van der Waals surface area (Å²) in [7, 11) is 0. The number of carbonyl (C=O) groups excluding carboxylic acids is 1. The summed E-state index contributed by atoms with van der Waals surface area (Å²) >= 11 is 0. The predicted molar refractivity (Wildman–Crippen MR) is 116 cm³/mol. The summed E-state index contributed by atoms with van der Waals surface area (Å²) in [6.07, 6.45) is 2.10. The van der Waals surface area contributed by atoms with E-state index in [0.717, 1.165) is 12.8 Å². The van der Waals surface area contributed by atoms with Gasteiger partial charge in [0.05, 0.1) is 0 Å². The molecule has 6 heteroatoms. The van der Waals surface area contributed by atoms with Crippen LogP contribution in [0.2, 0.25) is 0 Å². The van der Waals surface area contributed by atoms with Crippen LogP contribution in [0.1, 0.15) is 75.2 Å². The molecule has 0 spiro atoms. The van der Waals surface area contributed by atoms with E-state index < -0.39 is 6.03 Å². The van der Waals surface area contributed by atoms with Crippen LogP contribution in [0.25, 0.3) is 0 Å². The van der Waals surface area contributed by atoms with Crippen molar-refractivity contribution in [3.05, 3.63) is 0 Å². The van der Waals surface area contributed by atoms with Crippen LogP contribution in [-0.2, 0) is 0 Å². The molecule has 0 fully saturated rings. The van der Waals surface area contributed by atoms with Crippen LogP contribution >= 0.6 is 0 Å². The number of aliphatic imine (C=N–C) groups is 1. The van der Waals surface area contributed by atoms with E-state index in [9.17, 15) is 4.79 Å². The number of hydrogen-bond acceptors (Lipinski definition) is 3. The van der Waals surface area contributed by atoms with Gasteiger partial charge in [-0.25, -0.2) is 4.79 Å². The highest BCUT2D eigenvalue weighted by Gasteiger charge is 2.44. The van der Waals surface area contributed by atoms with Crippen LogP contribution in [0.15, 0.2) is 4.99 Å². The molecule has 0 aliphatic rings. The van der Waals surface area contributed by atoms with Crippen molar-refractivity contribution in [2.45, 2.75) is 75.2 Å². The summed E-state index contributed by atoms with van der Waals surface area (Å²) in [5.74, 6) is 1.31. The zero-order chi connectivity index (χ0) is 21.6. The SMILES string of the molecule is CC(C)C(CN=C(N)NC(N)=O)CC(C)(C)C(C)(C)C(CN)CC(C)(C)C. The summed E-state index contributed by atoms with van der Waals surface area (Å²) in [4.78, 5) is 15.2. The molecule has 0 aromatic heterocycles. The number of primary amides is 1. The summed E-state index contributed by atoms with van der Waals surface area (Å²) in [5.41, 5.74) is 17.4. The second-order valence-corrected chi connectivity index (χ2v) is 10.7. The van der Waals surface area contributed by atoms with Crippen LogP contribution in [0.4, 0.5) is 4.79 Å². The first kappa shape index (κ1) is 25.7. The molecule has 2 atom stereocenters. The molecule has 0 saturated carbocycles. The van der Waals surface area contributed by atoms with Crippen molar-refractivity contribution in [2.24, 2.45) is 56.2 Å². The molecule has 0 radical (unpaired) electrons. The summed E-state index contributed by atoms with van der Waals surface area (Å²) in [6, 6.07) is -0.688. The molecular weight excluding hydrogens is 338 g/mol. The van der Waals surface area contributed by atoms with Crippen LogP contribution in [0.5, 0.6) is 0 Å². The lowest BCUT2D eigenvalue weighted by Gasteiger charge is -2.50. The fraction of sp³-hybridized carbons (Fsp3) is 0.905. The van der Waals surface area contributed by atoms with E-state index in [1.165, 1.54) is 0 Å². The molecule has 0 heterocycles. The summed E-state index contributed by atoms with van der Waals surface area (Å²) in [5, 5.41) is 2.33. The van der Waals surface area contributed by atoms with Gasteiger partial charge in [-0.1, -0.05) is 62.3 Å². The van der Waals surface area contributed by atoms with Gasteiger partial charge < -0.3 is 17.2 Å². The van der Waals surface area contributed by atoms with E-state index in [-0.39, 0.29) is 22.2 Å². The molecule has 0 saturated heterocycles. The predicted octanol–water partition coefficient (Wildman–Crippen LogP) is 3.70. The van der Waals surface area contributed by atoms with Crippen LogP contribution < -0.4 is 22.5 Å². The maximum Gasteiger partial charge on any atom is 0.318 e. The Kier molecular flexibility index (Phi) is 9.29. The molecule has 7 N–H and O–H groups in total. The van der Waals surface area contributed by atoms with Gasteiger partial charge in [0.25, 0.3) is 0 Å². The molecule has 0 rings (SSSR count). The third kappa shape index (κ3) is 8.50. The Morgan fingerprint density at radius 1 is 1.00 bits per heavy atom. The topological polar surface area (TPSA) is 120 Å². The van der Waals surface area contributed by atoms with Gasteiger partial charge >= 0.3 is 6.03 Å². The number of amides is 2. The first-order chi connectivity index (χ1) is 12.0. The number of nitrogens with zero attached hydrogens (tertiary/aromatic N) is 1. The first-order valence-corrected chi connectivity index (χ1v) is 10.1. The number of nitrogens with two attached hydrogens (primary N) is 3. The molecule has 2 unspecified atom stereocenters. The summed E-state index contributed by atoms with van der Waals surface area (Å²) in [6.45, 7) is 21.9. The maximum atomic E-state index is 10.9. The lowest BCUT2D eigenvalue weighted by Crippen LogP contribution is -2.45. The molecule has 160 valence electrons. The van der Waals surface area contributed by atoms with Gasteiger partial charge in [0.1, 0.15) is 0 Å². The fourth-order valence-corrected chi connectivity index (χ4v) is 3.74. The number of urea groups is 1. The van der Waals surface area contributed by atoms with Crippen molar-refractivity contribution in [1.29, 1.82) is 0 Å². The Morgan fingerprint density at radius 2 is 1.52 bits per heavy atom. The van der Waals surface area contributed by atoms with Gasteiger partial charge in [0.15, 0.2) is 5.96 Å². The van der Waals surface area contributed by atoms with Crippen molar-refractivity contribution in [3.8, 4) is 0 Å². The normalized spacial score (nSPS) is 16.3. The number of guanidine groups is 1. The van der Waals surface area contributed by atoms with E-state index in [2.05, 4.69) is 72.6 Å². The average molecular weight is 384 g/mol. The number of rotatable bonds is 9. The Morgan fingerprint density at radius 3 is 1.89 bits per heavy atom. The lowest BCUT2D eigenvalue weighted by atomic mass is 9.55.